The highest BCUT2D eigenvalue weighted by Gasteiger charge is 2.37. The third kappa shape index (κ3) is 5.19. The molecule has 0 aliphatic carbocycles. The quantitative estimate of drug-likeness (QED) is 0.337. The Balaban J connectivity index is 2.38. The Kier molecular flexibility index (Phi) is 8.03. The second kappa shape index (κ2) is 9.82. The van der Waals surface area contributed by atoms with Crippen LogP contribution in [0.4, 0.5) is 4.79 Å². The van der Waals surface area contributed by atoms with Crippen molar-refractivity contribution in [3.05, 3.63) is 26.2 Å². The number of hydrogen-bond donors (Lipinski definition) is 0. The lowest BCUT2D eigenvalue weighted by molar-refractivity contribution is -0.124. The molecular weight excluding hydrogens is 477 g/mol. The van der Waals surface area contributed by atoms with E-state index in [4.69, 9.17) is 9.47 Å². The largest absolute Gasteiger partial charge is 0.490 e. The minimum absolute atomic E-state index is 0.0793. The lowest BCUT2D eigenvalue weighted by Gasteiger charge is -2.19. The molecule has 1 aliphatic heterocycles. The topological polar surface area (TPSA) is 55.8 Å². The summed E-state index contributed by atoms with van der Waals surface area (Å²) < 4.78 is 12.7. The standard InChI is InChI=1S/C20H26INO4S/c1-6-12(4)22-19(23)17(27-20(22)24)11-14-9-15(21)18(26-13(5)7-2)16(10-14)25-8-3/h9-13H,6-8H2,1-5H3/b17-11+/t12-,13-/m1/s1. The first-order valence-corrected chi connectivity index (χ1v) is 11.1. The molecule has 0 bridgehead atoms. The van der Waals surface area contributed by atoms with Crippen molar-refractivity contribution in [1.29, 1.82) is 0 Å². The summed E-state index contributed by atoms with van der Waals surface area (Å²) in [5.41, 5.74) is 0.814. The smallest absolute Gasteiger partial charge is 0.293 e. The maximum Gasteiger partial charge on any atom is 0.293 e. The maximum atomic E-state index is 12.6. The lowest BCUT2D eigenvalue weighted by Crippen LogP contribution is -2.36. The predicted molar refractivity (Wildman–Crippen MR) is 118 cm³/mol. The minimum Gasteiger partial charge on any atom is -0.490 e. The molecule has 7 heteroatoms. The van der Waals surface area contributed by atoms with Gasteiger partial charge >= 0.3 is 0 Å². The van der Waals surface area contributed by atoms with Crippen LogP contribution in [0.15, 0.2) is 17.0 Å². The van der Waals surface area contributed by atoms with Gasteiger partial charge in [-0.25, -0.2) is 0 Å². The van der Waals surface area contributed by atoms with Crippen LogP contribution in [-0.2, 0) is 4.79 Å². The first kappa shape index (κ1) is 22.1. The van der Waals surface area contributed by atoms with Gasteiger partial charge in [0.05, 0.1) is 21.2 Å². The van der Waals surface area contributed by atoms with E-state index < -0.39 is 0 Å². The zero-order chi connectivity index (χ0) is 20.1. The van der Waals surface area contributed by atoms with Gasteiger partial charge in [0.2, 0.25) is 0 Å². The van der Waals surface area contributed by atoms with Crippen LogP contribution in [0.5, 0.6) is 11.5 Å². The molecule has 27 heavy (non-hydrogen) atoms. The number of ether oxygens (including phenoxy) is 2. The van der Waals surface area contributed by atoms with E-state index >= 15 is 0 Å². The Morgan fingerprint density at radius 1 is 1.19 bits per heavy atom. The molecule has 1 saturated heterocycles. The summed E-state index contributed by atoms with van der Waals surface area (Å²) in [4.78, 5) is 26.6. The molecule has 1 aromatic carbocycles. The van der Waals surface area contributed by atoms with E-state index in [-0.39, 0.29) is 23.3 Å². The Bertz CT molecular complexity index is 750. The molecule has 2 rings (SSSR count). The van der Waals surface area contributed by atoms with Crippen LogP contribution in [-0.4, -0.2) is 34.8 Å². The number of imide groups is 1. The molecule has 148 valence electrons. The number of hydrogen-bond acceptors (Lipinski definition) is 5. The Morgan fingerprint density at radius 3 is 2.48 bits per heavy atom. The van der Waals surface area contributed by atoms with Gasteiger partial charge in [-0.1, -0.05) is 13.8 Å². The molecular formula is C20H26INO4S. The fraction of sp³-hybridized carbons (Fsp3) is 0.500. The third-order valence-electron chi connectivity index (χ3n) is 4.38. The number of thioether (sulfide) groups is 1. The van der Waals surface area contributed by atoms with E-state index in [0.717, 1.165) is 39.5 Å². The predicted octanol–water partition coefficient (Wildman–Crippen LogP) is 5.70. The summed E-state index contributed by atoms with van der Waals surface area (Å²) >= 11 is 3.20. The molecule has 0 N–H and O–H groups in total. The molecule has 0 saturated carbocycles. The number of halogens is 1. The van der Waals surface area contributed by atoms with Crippen LogP contribution < -0.4 is 9.47 Å². The summed E-state index contributed by atoms with van der Waals surface area (Å²) in [6.07, 6.45) is 3.46. The average molecular weight is 503 g/mol. The van der Waals surface area contributed by atoms with Gasteiger partial charge in [0.1, 0.15) is 0 Å². The van der Waals surface area contributed by atoms with Crippen molar-refractivity contribution in [2.45, 2.75) is 59.6 Å². The van der Waals surface area contributed by atoms with Gasteiger partial charge in [-0.05, 0) is 91.7 Å². The van der Waals surface area contributed by atoms with E-state index in [2.05, 4.69) is 29.5 Å². The van der Waals surface area contributed by atoms with Gasteiger partial charge in [-0.15, -0.1) is 0 Å². The number of carbonyl (C=O) groups is 2. The van der Waals surface area contributed by atoms with Crippen LogP contribution in [0.3, 0.4) is 0 Å². The van der Waals surface area contributed by atoms with Gasteiger partial charge in [-0.2, -0.15) is 0 Å². The zero-order valence-electron chi connectivity index (χ0n) is 16.4. The Hall–Kier alpha value is -1.22. The van der Waals surface area contributed by atoms with E-state index in [1.807, 2.05) is 39.8 Å². The highest BCUT2D eigenvalue weighted by Crippen LogP contribution is 2.38. The van der Waals surface area contributed by atoms with Crippen molar-refractivity contribution in [1.82, 2.24) is 4.90 Å². The Labute approximate surface area is 179 Å². The zero-order valence-corrected chi connectivity index (χ0v) is 19.3. The highest BCUT2D eigenvalue weighted by molar-refractivity contribution is 14.1. The molecule has 1 fully saturated rings. The average Bonchev–Trinajstić information content (AvgIpc) is 2.90. The summed E-state index contributed by atoms with van der Waals surface area (Å²) in [6.45, 7) is 10.4. The van der Waals surface area contributed by atoms with E-state index in [1.54, 1.807) is 6.08 Å². The van der Waals surface area contributed by atoms with Crippen molar-refractivity contribution in [3.63, 3.8) is 0 Å². The first-order chi connectivity index (χ1) is 12.8. The Morgan fingerprint density at radius 2 is 1.89 bits per heavy atom. The second-order valence-electron chi connectivity index (χ2n) is 6.41. The van der Waals surface area contributed by atoms with Gasteiger partial charge in [0.15, 0.2) is 11.5 Å². The normalized spacial score (nSPS) is 18.1. The van der Waals surface area contributed by atoms with Gasteiger partial charge in [-0.3, -0.25) is 14.5 Å². The monoisotopic (exact) mass is 503 g/mol. The summed E-state index contributed by atoms with van der Waals surface area (Å²) in [6, 6.07) is 3.70. The lowest BCUT2D eigenvalue weighted by atomic mass is 10.1. The van der Waals surface area contributed by atoms with Crippen LogP contribution in [0, 0.1) is 3.57 Å². The molecule has 5 nitrogen and oxygen atoms in total. The number of benzene rings is 1. The molecule has 1 aromatic rings. The minimum atomic E-state index is -0.229. The van der Waals surface area contributed by atoms with Crippen LogP contribution in [0.25, 0.3) is 6.08 Å². The number of amides is 2. The fourth-order valence-corrected chi connectivity index (χ4v) is 4.21. The molecule has 2 atom stereocenters. The maximum absolute atomic E-state index is 12.6. The van der Waals surface area contributed by atoms with Crippen molar-refractivity contribution in [3.8, 4) is 11.5 Å². The van der Waals surface area contributed by atoms with Crippen LogP contribution in [0.2, 0.25) is 0 Å². The van der Waals surface area contributed by atoms with E-state index in [1.165, 1.54) is 4.90 Å². The fourth-order valence-electron chi connectivity index (χ4n) is 2.53. The molecule has 0 spiro atoms. The molecule has 0 aromatic heterocycles. The third-order valence-corrected chi connectivity index (χ3v) is 6.06. The molecule has 1 aliphatic rings. The summed E-state index contributed by atoms with van der Waals surface area (Å²) in [5.74, 6) is 1.14. The second-order valence-corrected chi connectivity index (χ2v) is 8.56. The van der Waals surface area contributed by atoms with Crippen LogP contribution >= 0.6 is 34.4 Å². The first-order valence-electron chi connectivity index (χ1n) is 9.22. The highest BCUT2D eigenvalue weighted by atomic mass is 127. The van der Waals surface area contributed by atoms with Gasteiger partial charge < -0.3 is 9.47 Å². The van der Waals surface area contributed by atoms with E-state index in [0.29, 0.717) is 17.3 Å². The number of nitrogens with zero attached hydrogens (tertiary/aromatic N) is 1. The van der Waals surface area contributed by atoms with E-state index in [9.17, 15) is 9.59 Å². The number of carbonyl (C=O) groups excluding carboxylic acids is 2. The van der Waals surface area contributed by atoms with Gasteiger partial charge in [0, 0.05) is 6.04 Å². The van der Waals surface area contributed by atoms with Crippen molar-refractivity contribution >= 4 is 51.6 Å². The van der Waals surface area contributed by atoms with Crippen molar-refractivity contribution < 1.29 is 19.1 Å². The summed E-state index contributed by atoms with van der Waals surface area (Å²) in [5, 5.41) is -0.211. The molecule has 2 amide bonds. The molecule has 0 radical (unpaired) electrons. The molecule has 1 heterocycles. The summed E-state index contributed by atoms with van der Waals surface area (Å²) in [7, 11) is 0. The SMILES string of the molecule is CCOc1cc(/C=C2/SC(=O)N([C@H](C)CC)C2=O)cc(I)c1O[C@H](C)CC. The van der Waals surface area contributed by atoms with Crippen molar-refractivity contribution in [2.75, 3.05) is 6.61 Å². The van der Waals surface area contributed by atoms with Crippen molar-refractivity contribution in [2.24, 2.45) is 0 Å². The van der Waals surface area contributed by atoms with Crippen LogP contribution in [0.1, 0.15) is 53.0 Å². The number of rotatable bonds is 8. The van der Waals surface area contributed by atoms with Gasteiger partial charge in [0.25, 0.3) is 11.1 Å². The molecule has 0 unspecified atom stereocenters.